The average Bonchev–Trinajstić information content (AvgIpc) is 2.07. The molecule has 0 aliphatic carbocycles. The van der Waals surface area contributed by atoms with E-state index in [2.05, 4.69) is 44.7 Å². The Balaban J connectivity index is 0.000000354. The summed E-state index contributed by atoms with van der Waals surface area (Å²) >= 11 is 0. The Hall–Kier alpha value is -1.04. The van der Waals surface area contributed by atoms with Crippen LogP contribution in [0.15, 0.2) is 36.9 Å². The van der Waals surface area contributed by atoms with Crippen molar-refractivity contribution >= 4 is 0 Å². The van der Waals surface area contributed by atoms with Gasteiger partial charge in [-0.25, -0.2) is 0 Å². The Bertz CT molecular complexity index is 223. The Labute approximate surface area is 75.9 Å². The molecule has 0 fully saturated rings. The molecule has 1 rings (SSSR count). The third-order valence-corrected chi connectivity index (χ3v) is 1.64. The van der Waals surface area contributed by atoms with Crippen LogP contribution in [-0.2, 0) is 6.42 Å². The second-order valence-electron chi connectivity index (χ2n) is 2.69. The molecule has 0 nitrogen and oxygen atoms in total. The molecule has 0 aliphatic heterocycles. The summed E-state index contributed by atoms with van der Waals surface area (Å²) < 4.78 is 0. The average molecular weight is 162 g/mol. The van der Waals surface area contributed by atoms with Crippen LogP contribution in [0.25, 0.3) is 0 Å². The van der Waals surface area contributed by atoms with Gasteiger partial charge in [0, 0.05) is 0 Å². The van der Waals surface area contributed by atoms with E-state index in [9.17, 15) is 0 Å². The molecule has 12 heavy (non-hydrogen) atoms. The highest BCUT2D eigenvalue weighted by atomic mass is 13.9. The molecular weight excluding hydrogens is 144 g/mol. The standard InChI is InChI=1S/C9H12.C3H6/c1-3-9-7-5-4-6-8(9)2;1-3-2/h4-7H,3H2,1-2H3;3H,1H2,2H3. The summed E-state index contributed by atoms with van der Waals surface area (Å²) in [4.78, 5) is 0. The van der Waals surface area contributed by atoms with E-state index in [-0.39, 0.29) is 0 Å². The molecular formula is C12H18. The van der Waals surface area contributed by atoms with Crippen molar-refractivity contribution in [1.29, 1.82) is 0 Å². The minimum absolute atomic E-state index is 1.15. The van der Waals surface area contributed by atoms with E-state index in [1.807, 2.05) is 6.92 Å². The van der Waals surface area contributed by atoms with E-state index in [4.69, 9.17) is 0 Å². The monoisotopic (exact) mass is 162 g/mol. The van der Waals surface area contributed by atoms with E-state index in [0.29, 0.717) is 0 Å². The minimum Gasteiger partial charge on any atom is -0.103 e. The van der Waals surface area contributed by atoms with Crippen molar-refractivity contribution in [3.05, 3.63) is 48.0 Å². The molecule has 0 spiro atoms. The number of hydrogen-bond donors (Lipinski definition) is 0. The smallest absolute Gasteiger partial charge is 0.0305 e. The SMILES string of the molecule is C=CC.CCc1ccccc1C. The third kappa shape index (κ3) is 3.97. The topological polar surface area (TPSA) is 0 Å². The Morgan fingerprint density at radius 2 is 1.83 bits per heavy atom. The van der Waals surface area contributed by atoms with Gasteiger partial charge < -0.3 is 0 Å². The maximum atomic E-state index is 3.36. The fourth-order valence-electron chi connectivity index (χ4n) is 1.01. The van der Waals surface area contributed by atoms with Gasteiger partial charge in [-0.05, 0) is 31.4 Å². The highest BCUT2D eigenvalue weighted by Crippen LogP contribution is 2.06. The fraction of sp³-hybridized carbons (Fsp3) is 0.333. The molecule has 0 saturated carbocycles. The summed E-state index contributed by atoms with van der Waals surface area (Å²) in [6, 6.07) is 8.49. The van der Waals surface area contributed by atoms with Gasteiger partial charge in [-0.1, -0.05) is 37.3 Å². The second kappa shape index (κ2) is 6.66. The molecule has 0 atom stereocenters. The predicted molar refractivity (Wildman–Crippen MR) is 56.4 cm³/mol. The van der Waals surface area contributed by atoms with Crippen molar-refractivity contribution in [3.63, 3.8) is 0 Å². The largest absolute Gasteiger partial charge is 0.103 e. The molecule has 0 aromatic heterocycles. The fourth-order valence-corrected chi connectivity index (χ4v) is 1.01. The molecule has 0 heteroatoms. The molecule has 0 amide bonds. The van der Waals surface area contributed by atoms with Gasteiger partial charge in [-0.2, -0.15) is 0 Å². The zero-order chi connectivity index (χ0) is 9.40. The molecule has 0 aliphatic rings. The van der Waals surface area contributed by atoms with E-state index < -0.39 is 0 Å². The summed E-state index contributed by atoms with van der Waals surface area (Å²) in [6.45, 7) is 9.58. The van der Waals surface area contributed by atoms with Gasteiger partial charge in [0.15, 0.2) is 0 Å². The Morgan fingerprint density at radius 1 is 1.33 bits per heavy atom. The molecule has 66 valence electrons. The number of aryl methyl sites for hydroxylation is 2. The maximum absolute atomic E-state index is 3.36. The van der Waals surface area contributed by atoms with Crippen molar-refractivity contribution in [2.24, 2.45) is 0 Å². The van der Waals surface area contributed by atoms with E-state index in [1.165, 1.54) is 11.1 Å². The highest BCUT2D eigenvalue weighted by Gasteiger charge is 1.89. The summed E-state index contributed by atoms with van der Waals surface area (Å²) in [5, 5.41) is 0. The molecule has 1 aromatic rings. The summed E-state index contributed by atoms with van der Waals surface area (Å²) in [5.74, 6) is 0. The van der Waals surface area contributed by atoms with Gasteiger partial charge in [-0.3, -0.25) is 0 Å². The lowest BCUT2D eigenvalue weighted by molar-refractivity contribution is 1.11. The van der Waals surface area contributed by atoms with Crippen LogP contribution in [0.2, 0.25) is 0 Å². The van der Waals surface area contributed by atoms with Crippen LogP contribution >= 0.6 is 0 Å². The first-order chi connectivity index (χ1) is 5.76. The van der Waals surface area contributed by atoms with Gasteiger partial charge in [0.2, 0.25) is 0 Å². The first-order valence-corrected chi connectivity index (χ1v) is 4.37. The number of hydrogen-bond acceptors (Lipinski definition) is 0. The first kappa shape index (κ1) is 11.0. The normalized spacial score (nSPS) is 8.25. The first-order valence-electron chi connectivity index (χ1n) is 4.37. The van der Waals surface area contributed by atoms with Crippen LogP contribution in [0.4, 0.5) is 0 Å². The lowest BCUT2D eigenvalue weighted by atomic mass is 10.1. The molecule has 0 bridgehead atoms. The zero-order valence-electron chi connectivity index (χ0n) is 8.30. The quantitative estimate of drug-likeness (QED) is 0.552. The van der Waals surface area contributed by atoms with Crippen LogP contribution < -0.4 is 0 Å². The number of allylic oxidation sites excluding steroid dienone is 1. The maximum Gasteiger partial charge on any atom is -0.0305 e. The van der Waals surface area contributed by atoms with Crippen LogP contribution in [0.1, 0.15) is 25.0 Å². The van der Waals surface area contributed by atoms with Gasteiger partial charge in [0.25, 0.3) is 0 Å². The predicted octanol–water partition coefficient (Wildman–Crippen LogP) is 3.75. The Kier molecular flexibility index (Phi) is 6.08. The van der Waals surface area contributed by atoms with Crippen LogP contribution in [0.5, 0.6) is 0 Å². The van der Waals surface area contributed by atoms with Crippen molar-refractivity contribution < 1.29 is 0 Å². The van der Waals surface area contributed by atoms with Gasteiger partial charge in [0.1, 0.15) is 0 Å². The van der Waals surface area contributed by atoms with Crippen LogP contribution in [0.3, 0.4) is 0 Å². The number of rotatable bonds is 1. The second-order valence-corrected chi connectivity index (χ2v) is 2.69. The van der Waals surface area contributed by atoms with Crippen molar-refractivity contribution in [2.75, 3.05) is 0 Å². The molecule has 0 N–H and O–H groups in total. The van der Waals surface area contributed by atoms with E-state index in [0.717, 1.165) is 6.42 Å². The summed E-state index contributed by atoms with van der Waals surface area (Å²) in [7, 11) is 0. The van der Waals surface area contributed by atoms with Crippen LogP contribution in [0, 0.1) is 6.92 Å². The van der Waals surface area contributed by atoms with Crippen molar-refractivity contribution in [2.45, 2.75) is 27.2 Å². The molecule has 0 radical (unpaired) electrons. The van der Waals surface area contributed by atoms with Gasteiger partial charge in [0.05, 0.1) is 0 Å². The minimum atomic E-state index is 1.15. The van der Waals surface area contributed by atoms with E-state index >= 15 is 0 Å². The third-order valence-electron chi connectivity index (χ3n) is 1.64. The Morgan fingerprint density at radius 3 is 2.17 bits per heavy atom. The number of benzene rings is 1. The molecule has 0 unspecified atom stereocenters. The highest BCUT2D eigenvalue weighted by molar-refractivity contribution is 5.24. The zero-order valence-corrected chi connectivity index (χ0v) is 8.30. The van der Waals surface area contributed by atoms with E-state index in [1.54, 1.807) is 6.08 Å². The van der Waals surface area contributed by atoms with Crippen molar-refractivity contribution in [3.8, 4) is 0 Å². The lowest BCUT2D eigenvalue weighted by Gasteiger charge is -1.98. The van der Waals surface area contributed by atoms with Crippen LogP contribution in [-0.4, -0.2) is 0 Å². The summed E-state index contributed by atoms with van der Waals surface area (Å²) in [5.41, 5.74) is 2.86. The van der Waals surface area contributed by atoms with Gasteiger partial charge in [-0.15, -0.1) is 6.58 Å². The lowest BCUT2D eigenvalue weighted by Crippen LogP contribution is -1.82. The summed E-state index contributed by atoms with van der Waals surface area (Å²) in [6.07, 6.45) is 2.90. The van der Waals surface area contributed by atoms with Crippen molar-refractivity contribution in [1.82, 2.24) is 0 Å². The van der Waals surface area contributed by atoms with Gasteiger partial charge >= 0.3 is 0 Å². The molecule has 0 heterocycles. The molecule has 0 saturated heterocycles. The molecule has 1 aromatic carbocycles.